The standard InChI is InChI=1S/C8H9O/c1-2-4-8-7(3-1)5-6-9-8/h2H,1,3,5-6H2. The molecule has 0 aromatic rings. The second-order valence-electron chi connectivity index (χ2n) is 2.42. The van der Waals surface area contributed by atoms with Crippen molar-refractivity contribution in [3.05, 3.63) is 23.5 Å². The van der Waals surface area contributed by atoms with Crippen molar-refractivity contribution in [1.82, 2.24) is 0 Å². The van der Waals surface area contributed by atoms with Crippen molar-refractivity contribution < 1.29 is 4.74 Å². The Morgan fingerprint density at radius 3 is 3.33 bits per heavy atom. The molecule has 0 saturated carbocycles. The molecule has 2 rings (SSSR count). The summed E-state index contributed by atoms with van der Waals surface area (Å²) in [5.41, 5.74) is 1.47. The van der Waals surface area contributed by atoms with Crippen molar-refractivity contribution >= 4 is 0 Å². The average Bonchev–Trinajstić information content (AvgIpc) is 2.33. The van der Waals surface area contributed by atoms with Crippen LogP contribution < -0.4 is 0 Å². The Labute approximate surface area is 55.0 Å². The molecule has 9 heavy (non-hydrogen) atoms. The van der Waals surface area contributed by atoms with Gasteiger partial charge in [-0.2, -0.15) is 0 Å². The van der Waals surface area contributed by atoms with Gasteiger partial charge in [0.25, 0.3) is 0 Å². The van der Waals surface area contributed by atoms with Gasteiger partial charge in [0.1, 0.15) is 5.76 Å². The second kappa shape index (κ2) is 1.90. The van der Waals surface area contributed by atoms with Crippen LogP contribution in [0.5, 0.6) is 0 Å². The lowest BCUT2D eigenvalue weighted by atomic mass is 10.0. The van der Waals surface area contributed by atoms with E-state index >= 15 is 0 Å². The monoisotopic (exact) mass is 121 g/mol. The third-order valence-corrected chi connectivity index (χ3v) is 1.79. The molecule has 1 radical (unpaired) electrons. The zero-order valence-corrected chi connectivity index (χ0v) is 5.31. The number of allylic oxidation sites excluding steroid dienone is 2. The van der Waals surface area contributed by atoms with Crippen molar-refractivity contribution in [2.75, 3.05) is 6.61 Å². The van der Waals surface area contributed by atoms with Crippen LogP contribution in [0.1, 0.15) is 19.3 Å². The Kier molecular flexibility index (Phi) is 1.08. The maximum atomic E-state index is 5.29. The maximum Gasteiger partial charge on any atom is 0.126 e. The largest absolute Gasteiger partial charge is 0.493 e. The van der Waals surface area contributed by atoms with E-state index in [1.54, 1.807) is 0 Å². The molecule has 0 bridgehead atoms. The Hall–Kier alpha value is -0.720. The molecule has 1 heterocycles. The van der Waals surface area contributed by atoms with E-state index in [-0.39, 0.29) is 0 Å². The van der Waals surface area contributed by atoms with Crippen LogP contribution in [0.4, 0.5) is 0 Å². The lowest BCUT2D eigenvalue weighted by Gasteiger charge is -2.03. The van der Waals surface area contributed by atoms with Crippen LogP contribution in [0, 0.1) is 6.08 Å². The minimum atomic E-state index is 0.880. The van der Waals surface area contributed by atoms with Crippen LogP contribution in [0.15, 0.2) is 17.4 Å². The molecule has 0 unspecified atom stereocenters. The third kappa shape index (κ3) is 0.766. The van der Waals surface area contributed by atoms with Crippen LogP contribution in [0.25, 0.3) is 0 Å². The maximum absolute atomic E-state index is 5.29. The van der Waals surface area contributed by atoms with Gasteiger partial charge in [-0.3, -0.25) is 0 Å². The zero-order chi connectivity index (χ0) is 6.10. The summed E-state index contributed by atoms with van der Waals surface area (Å²) >= 11 is 0. The first-order chi connectivity index (χ1) is 4.47. The highest BCUT2D eigenvalue weighted by molar-refractivity contribution is 5.22. The highest BCUT2D eigenvalue weighted by Crippen LogP contribution is 2.27. The summed E-state index contributed by atoms with van der Waals surface area (Å²) in [4.78, 5) is 0. The minimum Gasteiger partial charge on any atom is -0.493 e. The van der Waals surface area contributed by atoms with E-state index in [4.69, 9.17) is 4.74 Å². The molecule has 1 aliphatic carbocycles. The predicted octanol–water partition coefficient (Wildman–Crippen LogP) is 1.81. The van der Waals surface area contributed by atoms with Gasteiger partial charge in [0.05, 0.1) is 6.61 Å². The van der Waals surface area contributed by atoms with Crippen LogP contribution >= 0.6 is 0 Å². The number of hydrogen-bond acceptors (Lipinski definition) is 1. The van der Waals surface area contributed by atoms with Crippen LogP contribution in [0.2, 0.25) is 0 Å². The Bertz CT molecular complexity index is 177. The first-order valence-corrected chi connectivity index (χ1v) is 3.40. The SMILES string of the molecule is [C]1=CCCC2=C1OCC2. The Morgan fingerprint density at radius 1 is 1.44 bits per heavy atom. The van der Waals surface area contributed by atoms with Gasteiger partial charge < -0.3 is 4.74 Å². The van der Waals surface area contributed by atoms with Gasteiger partial charge in [-0.1, -0.05) is 6.08 Å². The lowest BCUT2D eigenvalue weighted by Crippen LogP contribution is -1.87. The van der Waals surface area contributed by atoms with Crippen molar-refractivity contribution in [2.24, 2.45) is 0 Å². The molecule has 0 amide bonds. The van der Waals surface area contributed by atoms with Crippen LogP contribution in [0.3, 0.4) is 0 Å². The van der Waals surface area contributed by atoms with Crippen molar-refractivity contribution in [2.45, 2.75) is 19.3 Å². The fourth-order valence-electron chi connectivity index (χ4n) is 1.29. The summed E-state index contributed by atoms with van der Waals surface area (Å²) in [6.45, 7) is 0.880. The molecule has 1 heteroatoms. The zero-order valence-electron chi connectivity index (χ0n) is 5.31. The number of ether oxygens (including phenoxy) is 1. The molecule has 1 nitrogen and oxygen atoms in total. The molecule has 0 fully saturated rings. The topological polar surface area (TPSA) is 9.23 Å². The Morgan fingerprint density at radius 2 is 2.44 bits per heavy atom. The molecular weight excluding hydrogens is 112 g/mol. The fourth-order valence-corrected chi connectivity index (χ4v) is 1.29. The van der Waals surface area contributed by atoms with Gasteiger partial charge in [0.2, 0.25) is 0 Å². The second-order valence-corrected chi connectivity index (χ2v) is 2.42. The normalized spacial score (nSPS) is 24.0. The molecule has 0 saturated heterocycles. The van der Waals surface area contributed by atoms with Gasteiger partial charge in [-0.15, -0.1) is 0 Å². The van der Waals surface area contributed by atoms with Gasteiger partial charge in [0, 0.05) is 12.5 Å². The smallest absolute Gasteiger partial charge is 0.126 e. The van der Waals surface area contributed by atoms with Crippen LogP contribution in [-0.2, 0) is 4.74 Å². The van der Waals surface area contributed by atoms with Crippen molar-refractivity contribution in [3.63, 3.8) is 0 Å². The van der Waals surface area contributed by atoms with Gasteiger partial charge in [-0.25, -0.2) is 0 Å². The quantitative estimate of drug-likeness (QED) is 0.475. The first kappa shape index (κ1) is 5.10. The molecular formula is C8H9O. The van der Waals surface area contributed by atoms with E-state index in [1.807, 2.05) is 0 Å². The molecule has 2 aliphatic rings. The molecule has 0 aromatic carbocycles. The summed E-state index contributed by atoms with van der Waals surface area (Å²) in [5, 5.41) is 0. The molecule has 1 aliphatic heterocycles. The van der Waals surface area contributed by atoms with Gasteiger partial charge in [0.15, 0.2) is 0 Å². The molecule has 47 valence electrons. The van der Waals surface area contributed by atoms with Crippen molar-refractivity contribution in [1.29, 1.82) is 0 Å². The van der Waals surface area contributed by atoms with E-state index in [0.717, 1.165) is 25.2 Å². The minimum absolute atomic E-state index is 0.880. The summed E-state index contributed by atoms with van der Waals surface area (Å²) in [7, 11) is 0. The van der Waals surface area contributed by atoms with Gasteiger partial charge in [-0.05, 0) is 18.4 Å². The summed E-state index contributed by atoms with van der Waals surface area (Å²) < 4.78 is 5.29. The third-order valence-electron chi connectivity index (χ3n) is 1.79. The fraction of sp³-hybridized carbons (Fsp3) is 0.500. The highest BCUT2D eigenvalue weighted by Gasteiger charge is 2.15. The average molecular weight is 121 g/mol. The molecule has 0 aromatic heterocycles. The van der Waals surface area contributed by atoms with Crippen LogP contribution in [-0.4, -0.2) is 6.61 Å². The van der Waals surface area contributed by atoms with E-state index in [9.17, 15) is 0 Å². The Balaban J connectivity index is 2.28. The molecule has 0 N–H and O–H groups in total. The lowest BCUT2D eigenvalue weighted by molar-refractivity contribution is 0.254. The summed E-state index contributed by atoms with van der Waals surface area (Å²) in [6, 6.07) is 0. The molecule has 0 spiro atoms. The number of hydrogen-bond donors (Lipinski definition) is 0. The predicted molar refractivity (Wildman–Crippen MR) is 34.6 cm³/mol. The number of rotatable bonds is 0. The van der Waals surface area contributed by atoms with E-state index in [1.165, 1.54) is 12.0 Å². The summed E-state index contributed by atoms with van der Waals surface area (Å²) in [6.07, 6.45) is 8.66. The van der Waals surface area contributed by atoms with E-state index < -0.39 is 0 Å². The highest BCUT2D eigenvalue weighted by atomic mass is 16.5. The summed E-state index contributed by atoms with van der Waals surface area (Å²) in [5.74, 6) is 1.03. The first-order valence-electron chi connectivity index (χ1n) is 3.40. The van der Waals surface area contributed by atoms with Gasteiger partial charge >= 0.3 is 0 Å². The van der Waals surface area contributed by atoms with E-state index in [2.05, 4.69) is 12.2 Å². The van der Waals surface area contributed by atoms with E-state index in [0.29, 0.717) is 0 Å². The molecule has 0 atom stereocenters. The van der Waals surface area contributed by atoms with Crippen molar-refractivity contribution in [3.8, 4) is 0 Å².